The Bertz CT molecular complexity index is 587. The molecule has 2 aromatic heterocycles. The fourth-order valence-corrected chi connectivity index (χ4v) is 2.40. The van der Waals surface area contributed by atoms with E-state index in [2.05, 4.69) is 15.5 Å². The van der Waals surface area contributed by atoms with Crippen LogP contribution in [0.4, 0.5) is 0 Å². The molecule has 0 amide bonds. The summed E-state index contributed by atoms with van der Waals surface area (Å²) in [4.78, 5) is 10.9. The third-order valence-electron chi connectivity index (χ3n) is 3.39. The maximum atomic E-state index is 10.9. The van der Waals surface area contributed by atoms with E-state index in [4.69, 9.17) is 5.11 Å². The number of nitrogens with zero attached hydrogens (tertiary/aromatic N) is 3. The summed E-state index contributed by atoms with van der Waals surface area (Å²) < 4.78 is 1.89. The van der Waals surface area contributed by atoms with Crippen molar-refractivity contribution in [1.29, 1.82) is 0 Å². The predicted octanol–water partition coefficient (Wildman–Crippen LogP) is 0.894. The number of nitrogens with one attached hydrogen (secondary N) is 1. The molecule has 3 rings (SSSR count). The number of piperidine rings is 1. The summed E-state index contributed by atoms with van der Waals surface area (Å²) in [6.07, 6.45) is 3.83. The van der Waals surface area contributed by atoms with Crippen LogP contribution in [0.2, 0.25) is 0 Å². The van der Waals surface area contributed by atoms with Gasteiger partial charge in [0, 0.05) is 12.1 Å². The summed E-state index contributed by atoms with van der Waals surface area (Å²) in [7, 11) is 0. The SMILES string of the molecule is O=C(O)c1ccn2c(C3CCNCC3)nnc2c1. The van der Waals surface area contributed by atoms with Crippen molar-refractivity contribution in [3.8, 4) is 0 Å². The maximum Gasteiger partial charge on any atom is 0.335 e. The normalized spacial score (nSPS) is 17.1. The average molecular weight is 246 g/mol. The zero-order chi connectivity index (χ0) is 12.5. The highest BCUT2D eigenvalue weighted by molar-refractivity contribution is 5.88. The molecule has 0 aromatic carbocycles. The van der Waals surface area contributed by atoms with Crippen LogP contribution in [-0.2, 0) is 0 Å². The molecule has 1 aliphatic heterocycles. The van der Waals surface area contributed by atoms with Crippen molar-refractivity contribution in [3.63, 3.8) is 0 Å². The number of aromatic nitrogens is 3. The first-order valence-electron chi connectivity index (χ1n) is 6.04. The molecular formula is C12H14N4O2. The van der Waals surface area contributed by atoms with Crippen molar-refractivity contribution in [2.45, 2.75) is 18.8 Å². The largest absolute Gasteiger partial charge is 0.478 e. The van der Waals surface area contributed by atoms with Crippen molar-refractivity contribution in [2.24, 2.45) is 0 Å². The van der Waals surface area contributed by atoms with Crippen LogP contribution in [0.15, 0.2) is 18.3 Å². The molecule has 0 radical (unpaired) electrons. The summed E-state index contributed by atoms with van der Waals surface area (Å²) in [5, 5.41) is 20.5. The molecular weight excluding hydrogens is 232 g/mol. The van der Waals surface area contributed by atoms with Crippen LogP contribution >= 0.6 is 0 Å². The topological polar surface area (TPSA) is 79.5 Å². The van der Waals surface area contributed by atoms with E-state index < -0.39 is 5.97 Å². The molecule has 1 aliphatic rings. The molecule has 0 saturated carbocycles. The summed E-state index contributed by atoms with van der Waals surface area (Å²) >= 11 is 0. The van der Waals surface area contributed by atoms with E-state index >= 15 is 0 Å². The van der Waals surface area contributed by atoms with Gasteiger partial charge in [0.05, 0.1) is 5.56 Å². The highest BCUT2D eigenvalue weighted by Crippen LogP contribution is 2.24. The minimum atomic E-state index is -0.941. The van der Waals surface area contributed by atoms with Gasteiger partial charge in [-0.1, -0.05) is 0 Å². The smallest absolute Gasteiger partial charge is 0.335 e. The predicted molar refractivity (Wildman–Crippen MR) is 64.8 cm³/mol. The van der Waals surface area contributed by atoms with Crippen molar-refractivity contribution in [3.05, 3.63) is 29.7 Å². The number of carboxylic acids is 1. The minimum absolute atomic E-state index is 0.242. The lowest BCUT2D eigenvalue weighted by Gasteiger charge is -2.20. The first-order chi connectivity index (χ1) is 8.75. The number of aromatic carboxylic acids is 1. The van der Waals surface area contributed by atoms with E-state index in [-0.39, 0.29) is 5.56 Å². The van der Waals surface area contributed by atoms with Crippen molar-refractivity contribution in [2.75, 3.05) is 13.1 Å². The lowest BCUT2D eigenvalue weighted by Crippen LogP contribution is -2.27. The second-order valence-electron chi connectivity index (χ2n) is 4.53. The summed E-state index contributed by atoms with van der Waals surface area (Å²) in [6.45, 7) is 1.99. The van der Waals surface area contributed by atoms with Gasteiger partial charge < -0.3 is 10.4 Å². The molecule has 2 N–H and O–H groups in total. The van der Waals surface area contributed by atoms with Gasteiger partial charge in [-0.05, 0) is 38.1 Å². The summed E-state index contributed by atoms with van der Waals surface area (Å²) in [6, 6.07) is 3.14. The molecule has 0 aliphatic carbocycles. The van der Waals surface area contributed by atoms with Gasteiger partial charge in [-0.15, -0.1) is 10.2 Å². The fourth-order valence-electron chi connectivity index (χ4n) is 2.40. The first-order valence-corrected chi connectivity index (χ1v) is 6.04. The van der Waals surface area contributed by atoms with Gasteiger partial charge in [-0.3, -0.25) is 4.40 Å². The molecule has 6 nitrogen and oxygen atoms in total. The Morgan fingerprint density at radius 2 is 2.17 bits per heavy atom. The Balaban J connectivity index is 2.01. The van der Waals surface area contributed by atoms with Crippen LogP contribution in [0, 0.1) is 0 Å². The minimum Gasteiger partial charge on any atom is -0.478 e. The highest BCUT2D eigenvalue weighted by atomic mass is 16.4. The Hall–Kier alpha value is -1.95. The van der Waals surface area contributed by atoms with Gasteiger partial charge in [-0.2, -0.15) is 0 Å². The number of hydrogen-bond acceptors (Lipinski definition) is 4. The van der Waals surface area contributed by atoms with Crippen LogP contribution in [0.25, 0.3) is 5.65 Å². The van der Waals surface area contributed by atoms with Crippen LogP contribution in [0.5, 0.6) is 0 Å². The molecule has 6 heteroatoms. The molecule has 3 heterocycles. The molecule has 0 spiro atoms. The van der Waals surface area contributed by atoms with E-state index in [1.54, 1.807) is 18.3 Å². The summed E-state index contributed by atoms with van der Waals surface area (Å²) in [5.41, 5.74) is 0.843. The average Bonchev–Trinajstić information content (AvgIpc) is 2.82. The molecule has 1 fully saturated rings. The van der Waals surface area contributed by atoms with Crippen molar-refractivity contribution >= 4 is 11.6 Å². The lowest BCUT2D eigenvalue weighted by atomic mass is 9.97. The zero-order valence-corrected chi connectivity index (χ0v) is 9.83. The monoisotopic (exact) mass is 246 g/mol. The molecule has 0 bridgehead atoms. The van der Waals surface area contributed by atoms with E-state index in [0.29, 0.717) is 11.6 Å². The number of carboxylic acid groups (broad SMARTS) is 1. The fraction of sp³-hybridized carbons (Fsp3) is 0.417. The molecule has 1 saturated heterocycles. The lowest BCUT2D eigenvalue weighted by molar-refractivity contribution is 0.0697. The molecule has 18 heavy (non-hydrogen) atoms. The first kappa shape index (κ1) is 11.2. The second-order valence-corrected chi connectivity index (χ2v) is 4.53. The number of pyridine rings is 1. The van der Waals surface area contributed by atoms with Gasteiger partial charge in [0.25, 0.3) is 0 Å². The maximum absolute atomic E-state index is 10.9. The quantitative estimate of drug-likeness (QED) is 0.822. The van der Waals surface area contributed by atoms with E-state index in [1.807, 2.05) is 4.40 Å². The van der Waals surface area contributed by atoms with Gasteiger partial charge in [-0.25, -0.2) is 4.79 Å². The third-order valence-corrected chi connectivity index (χ3v) is 3.39. The van der Waals surface area contributed by atoms with E-state index in [1.165, 1.54) is 0 Å². The number of rotatable bonds is 2. The molecule has 2 aromatic rings. The van der Waals surface area contributed by atoms with Crippen molar-refractivity contribution < 1.29 is 9.90 Å². The Morgan fingerprint density at radius 1 is 1.39 bits per heavy atom. The van der Waals surface area contributed by atoms with Crippen LogP contribution in [0.3, 0.4) is 0 Å². The van der Waals surface area contributed by atoms with Gasteiger partial charge in [0.2, 0.25) is 0 Å². The van der Waals surface area contributed by atoms with E-state index in [0.717, 1.165) is 31.8 Å². The summed E-state index contributed by atoms with van der Waals surface area (Å²) in [5.74, 6) is 0.393. The van der Waals surface area contributed by atoms with Crippen LogP contribution in [-0.4, -0.2) is 38.8 Å². The second kappa shape index (κ2) is 4.38. The van der Waals surface area contributed by atoms with Crippen LogP contribution in [0.1, 0.15) is 34.9 Å². The third kappa shape index (κ3) is 1.84. The van der Waals surface area contributed by atoms with Gasteiger partial charge in [0.1, 0.15) is 5.82 Å². The Labute approximate surface area is 104 Å². The highest BCUT2D eigenvalue weighted by Gasteiger charge is 2.20. The Kier molecular flexibility index (Phi) is 2.71. The van der Waals surface area contributed by atoms with Gasteiger partial charge in [0.15, 0.2) is 5.65 Å². The van der Waals surface area contributed by atoms with Gasteiger partial charge >= 0.3 is 5.97 Å². The number of carbonyl (C=O) groups is 1. The van der Waals surface area contributed by atoms with E-state index in [9.17, 15) is 4.79 Å². The van der Waals surface area contributed by atoms with Crippen molar-refractivity contribution in [1.82, 2.24) is 19.9 Å². The number of fused-ring (bicyclic) bond motifs is 1. The molecule has 94 valence electrons. The molecule has 0 atom stereocenters. The molecule has 0 unspecified atom stereocenters. The Morgan fingerprint density at radius 3 is 2.89 bits per heavy atom. The standard InChI is InChI=1S/C12H14N4O2/c17-12(18)9-3-6-16-10(7-9)14-15-11(16)8-1-4-13-5-2-8/h3,6-8,13H,1-2,4-5H2,(H,17,18). The van der Waals surface area contributed by atoms with Crippen LogP contribution < -0.4 is 5.32 Å². The zero-order valence-electron chi connectivity index (χ0n) is 9.83. The number of hydrogen-bond donors (Lipinski definition) is 2.